The van der Waals surface area contributed by atoms with Crippen molar-refractivity contribution in [2.24, 2.45) is 30.7 Å². The number of sulfonamides is 2. The average molecular weight is 867 g/mol. The molecule has 0 spiro atoms. The summed E-state index contributed by atoms with van der Waals surface area (Å²) >= 11 is 11.7. The van der Waals surface area contributed by atoms with Gasteiger partial charge in [0.15, 0.2) is 0 Å². The summed E-state index contributed by atoms with van der Waals surface area (Å²) in [4.78, 5) is 24.1. The van der Waals surface area contributed by atoms with E-state index in [2.05, 4.69) is 30.7 Å². The molecule has 2 aromatic heterocycles. The van der Waals surface area contributed by atoms with Crippen molar-refractivity contribution in [1.82, 2.24) is 19.6 Å². The molecule has 0 bridgehead atoms. The number of aromatic nitrogens is 4. The van der Waals surface area contributed by atoms with E-state index in [4.69, 9.17) is 33.5 Å². The quantitative estimate of drug-likeness (QED) is 0.110. The van der Waals surface area contributed by atoms with Gasteiger partial charge in [0.2, 0.25) is 20.0 Å². The minimum absolute atomic E-state index is 0. The van der Waals surface area contributed by atoms with Gasteiger partial charge in [-0.1, -0.05) is 84.8 Å². The number of nitrogens with zero attached hydrogens (tertiary/aromatic N) is 8. The minimum atomic E-state index is -4.11. The predicted molar refractivity (Wildman–Crippen MR) is 199 cm³/mol. The van der Waals surface area contributed by atoms with Crippen LogP contribution in [-0.4, -0.2) is 46.6 Å². The van der Waals surface area contributed by atoms with Crippen molar-refractivity contribution in [3.05, 3.63) is 127 Å². The molecule has 0 amide bonds. The van der Waals surface area contributed by atoms with Gasteiger partial charge in [0.25, 0.3) is 0 Å². The molecule has 0 aliphatic carbocycles. The van der Waals surface area contributed by atoms with E-state index in [0.29, 0.717) is 22.8 Å². The number of hydrogen-bond donors (Lipinski definition) is 4. The first-order valence-corrected chi connectivity index (χ1v) is 18.8. The summed E-state index contributed by atoms with van der Waals surface area (Å²) in [6.07, 6.45) is 0. The smallest absolute Gasteiger partial charge is 0.506 e. The van der Waals surface area contributed by atoms with E-state index < -0.39 is 52.5 Å². The zero-order valence-corrected chi connectivity index (χ0v) is 32.6. The Labute approximate surface area is 334 Å². The summed E-state index contributed by atoms with van der Waals surface area (Å²) in [6.45, 7) is 3.18. The Morgan fingerprint density at radius 2 is 0.982 bits per heavy atom. The molecule has 0 fully saturated rings. The van der Waals surface area contributed by atoms with Crippen LogP contribution in [0.15, 0.2) is 125 Å². The third-order valence-electron chi connectivity index (χ3n) is 7.16. The Morgan fingerprint density at radius 3 is 1.29 bits per heavy atom. The molecule has 6 rings (SSSR count). The Kier molecular flexibility index (Phi) is 13.1. The molecular weight excluding hydrogens is 839 g/mol. The maximum Gasteiger partial charge on any atom is 1.00 e. The monoisotopic (exact) mass is 865 g/mol. The van der Waals surface area contributed by atoms with E-state index in [1.54, 1.807) is 62.4 Å². The molecule has 0 radical (unpaired) electrons. The number of hydrogen-bond acceptors (Lipinski definition) is 14. The summed E-state index contributed by atoms with van der Waals surface area (Å²) in [5, 5.41) is 53.0. The van der Waals surface area contributed by atoms with Crippen LogP contribution >= 0.6 is 23.2 Å². The van der Waals surface area contributed by atoms with Crippen LogP contribution in [0.4, 0.5) is 22.7 Å². The largest absolute Gasteiger partial charge is 1.00 e. The molecule has 0 aliphatic heterocycles. The maximum atomic E-state index is 12.5. The van der Waals surface area contributed by atoms with Gasteiger partial charge in [-0.2, -0.15) is 10.2 Å². The van der Waals surface area contributed by atoms with Crippen LogP contribution in [0.25, 0.3) is 11.4 Å². The molecule has 0 unspecified atom stereocenters. The molecule has 23 heteroatoms. The normalized spacial score (nSPS) is 11.7. The number of azo groups is 2. The van der Waals surface area contributed by atoms with E-state index in [1.807, 2.05) is 12.1 Å². The number of primary sulfonamides is 2. The van der Waals surface area contributed by atoms with Crippen molar-refractivity contribution in [3.8, 4) is 22.9 Å². The fourth-order valence-electron chi connectivity index (χ4n) is 4.58. The third-order valence-corrected chi connectivity index (χ3v) is 9.91. The number of benzene rings is 4. The first kappa shape index (κ1) is 42.4. The molecule has 0 atom stereocenters. The van der Waals surface area contributed by atoms with Crippen LogP contribution in [0.3, 0.4) is 0 Å². The number of phenols is 2. The molecule has 286 valence electrons. The Morgan fingerprint density at radius 1 is 0.655 bits per heavy atom. The second-order valence-corrected chi connectivity index (χ2v) is 14.9. The Hall–Kier alpha value is -5.37. The number of nitrogens with two attached hydrogens (primary N) is 2. The second-order valence-electron chi connectivity index (χ2n) is 11.0. The summed E-state index contributed by atoms with van der Waals surface area (Å²) in [5.41, 5.74) is 0.514. The van der Waals surface area contributed by atoms with Crippen LogP contribution in [0.1, 0.15) is 12.8 Å². The fraction of sp³-hybridized carbons (Fsp3) is 0.0625. The van der Waals surface area contributed by atoms with Crippen molar-refractivity contribution in [2.45, 2.75) is 23.6 Å². The SMILES string of the molecule is Cc1nn(-c2ccccc2)c(=O)[c-]1N=Nc1cc(Cl)c(S(N)(=O)=O)cc1O.Cc1nn(-c2ccccc2)c(=O)[c-]1N=Nc1cc(Cl)c(S(N)(=O)=O)cc1O.[Cr].[H+]. The van der Waals surface area contributed by atoms with Crippen LogP contribution < -0.4 is 21.4 Å². The number of phenolic OH excluding ortho intramolecular Hbond substituents is 2. The molecule has 0 aliphatic rings. The molecule has 0 saturated carbocycles. The third kappa shape index (κ3) is 9.66. The van der Waals surface area contributed by atoms with Crippen LogP contribution in [0.5, 0.6) is 11.5 Å². The maximum absolute atomic E-state index is 12.5. The van der Waals surface area contributed by atoms with Crippen LogP contribution in [-0.2, 0) is 37.4 Å². The van der Waals surface area contributed by atoms with Gasteiger partial charge in [0.1, 0.15) is 43.8 Å². The summed E-state index contributed by atoms with van der Waals surface area (Å²) < 4.78 is 48.0. The van der Waals surface area contributed by atoms with Gasteiger partial charge in [-0.15, -0.1) is 11.4 Å². The summed E-state index contributed by atoms with van der Waals surface area (Å²) in [7, 11) is -8.22. The molecule has 2 heterocycles. The van der Waals surface area contributed by atoms with Crippen molar-refractivity contribution in [3.63, 3.8) is 0 Å². The molecule has 4 aromatic carbocycles. The van der Waals surface area contributed by atoms with E-state index in [9.17, 15) is 36.6 Å². The molecule has 6 N–H and O–H groups in total. The number of aromatic hydroxyl groups is 2. The number of para-hydroxylation sites is 2. The van der Waals surface area contributed by atoms with Crippen molar-refractivity contribution in [2.75, 3.05) is 0 Å². The van der Waals surface area contributed by atoms with Crippen molar-refractivity contribution >= 4 is 66.0 Å². The first-order valence-electron chi connectivity index (χ1n) is 14.9. The molecule has 55 heavy (non-hydrogen) atoms. The molecule has 0 saturated heterocycles. The van der Waals surface area contributed by atoms with E-state index >= 15 is 0 Å². The molecule has 6 aromatic rings. The van der Waals surface area contributed by atoms with Gasteiger partial charge in [0, 0.05) is 29.5 Å². The van der Waals surface area contributed by atoms with Crippen molar-refractivity contribution in [1.29, 1.82) is 0 Å². The zero-order valence-electron chi connectivity index (χ0n) is 29.1. The van der Waals surface area contributed by atoms with E-state index in [1.165, 1.54) is 9.36 Å². The standard InChI is InChI=1S/2C16H13ClN5O4S.Cr/c2*1-9-15(16(24)22(21-9)10-5-3-2-4-6-10)20-19-12-7-11(17)14(8-13(12)23)27(18,25)26;/h2*2-8,23H,1H3,(H2,18,25,26);/q2*-1;/p+1. The topological polar surface area (TPSA) is 280 Å². The molecule has 18 nitrogen and oxygen atoms in total. The van der Waals surface area contributed by atoms with Gasteiger partial charge in [-0.25, -0.2) is 46.7 Å². The number of rotatable bonds is 8. The van der Waals surface area contributed by atoms with Crippen molar-refractivity contribution < 1.29 is 45.8 Å². The van der Waals surface area contributed by atoms with Gasteiger partial charge in [-0.3, -0.25) is 0 Å². The average Bonchev–Trinajstić information content (AvgIpc) is 3.57. The van der Waals surface area contributed by atoms with E-state index in [-0.39, 0.29) is 51.6 Å². The number of halogens is 2. The fourth-order valence-corrected chi connectivity index (χ4v) is 6.76. The van der Waals surface area contributed by atoms with Crippen LogP contribution in [0, 0.1) is 13.8 Å². The molecular formula is C32H27Cl2CrN10O8S2-. The first-order chi connectivity index (χ1) is 25.4. The van der Waals surface area contributed by atoms with Gasteiger partial charge < -0.3 is 30.0 Å². The van der Waals surface area contributed by atoms with Gasteiger partial charge in [0.05, 0.1) is 21.4 Å². The van der Waals surface area contributed by atoms with Gasteiger partial charge >= 0.3 is 1.43 Å². The Balaban J connectivity index is 0.000000290. The van der Waals surface area contributed by atoms with Gasteiger partial charge in [-0.05, 0) is 36.4 Å². The zero-order chi connectivity index (χ0) is 39.5. The summed E-state index contributed by atoms with van der Waals surface area (Å²) in [6, 6.07) is 21.4. The second kappa shape index (κ2) is 17.0. The van der Waals surface area contributed by atoms with Crippen LogP contribution in [0.2, 0.25) is 10.0 Å². The number of aryl methyl sites for hydroxylation is 2. The predicted octanol–water partition coefficient (Wildman–Crippen LogP) is 5.47. The van der Waals surface area contributed by atoms with E-state index in [0.717, 1.165) is 24.3 Å². The Bertz CT molecular complexity index is 2600. The summed E-state index contributed by atoms with van der Waals surface area (Å²) in [5.74, 6) is -1.01. The minimum Gasteiger partial charge on any atom is -0.506 e.